The van der Waals surface area contributed by atoms with E-state index in [-0.39, 0.29) is 0 Å². The van der Waals surface area contributed by atoms with Gasteiger partial charge in [-0.15, -0.1) is 0 Å². The van der Waals surface area contributed by atoms with E-state index in [1.54, 1.807) is 45.9 Å². The zero-order valence-electron chi connectivity index (χ0n) is 15.9. The molecule has 1 amide bonds. The standard InChI is InChI=1S/C20H23NO6/c1-12-10-17(22)26-16-8-7-13(11-14(12)16)25-18(23)15-6-5-9-21(15)19(24)27-20(2,3)4/h7-8,10-11,15H,5-6,9H2,1-4H3/t15-/m1/s1. The molecule has 1 atom stereocenters. The third-order valence-corrected chi connectivity index (χ3v) is 4.29. The van der Waals surface area contributed by atoms with Crippen molar-refractivity contribution in [2.45, 2.75) is 52.2 Å². The van der Waals surface area contributed by atoms with Crippen LogP contribution >= 0.6 is 0 Å². The molecule has 0 saturated carbocycles. The van der Waals surface area contributed by atoms with E-state index in [1.807, 2.05) is 0 Å². The lowest BCUT2D eigenvalue weighted by molar-refractivity contribution is -0.139. The first-order valence-corrected chi connectivity index (χ1v) is 8.90. The zero-order valence-corrected chi connectivity index (χ0v) is 15.9. The van der Waals surface area contributed by atoms with Crippen LogP contribution in [-0.4, -0.2) is 35.2 Å². The molecule has 27 heavy (non-hydrogen) atoms. The Bertz CT molecular complexity index is 940. The molecule has 1 fully saturated rings. The van der Waals surface area contributed by atoms with E-state index in [2.05, 4.69) is 0 Å². The van der Waals surface area contributed by atoms with Gasteiger partial charge in [0.1, 0.15) is 23.0 Å². The van der Waals surface area contributed by atoms with Crippen molar-refractivity contribution in [2.24, 2.45) is 0 Å². The number of hydrogen-bond donors (Lipinski definition) is 0. The summed E-state index contributed by atoms with van der Waals surface area (Å²) >= 11 is 0. The van der Waals surface area contributed by atoms with E-state index >= 15 is 0 Å². The Balaban J connectivity index is 1.77. The van der Waals surface area contributed by atoms with Crippen LogP contribution < -0.4 is 10.4 Å². The van der Waals surface area contributed by atoms with Gasteiger partial charge in [-0.3, -0.25) is 4.90 Å². The minimum absolute atomic E-state index is 0.334. The van der Waals surface area contributed by atoms with Crippen LogP contribution in [0.1, 0.15) is 39.2 Å². The van der Waals surface area contributed by atoms with E-state index in [0.29, 0.717) is 36.1 Å². The molecule has 0 radical (unpaired) electrons. The van der Waals surface area contributed by atoms with Gasteiger partial charge in [-0.2, -0.15) is 0 Å². The Kier molecular flexibility index (Phi) is 4.95. The van der Waals surface area contributed by atoms with E-state index in [9.17, 15) is 14.4 Å². The number of rotatable bonds is 2. The molecule has 2 aromatic rings. The lowest BCUT2D eigenvalue weighted by atomic mass is 10.1. The largest absolute Gasteiger partial charge is 0.444 e. The first kappa shape index (κ1) is 18.9. The number of hydrogen-bond acceptors (Lipinski definition) is 6. The van der Waals surface area contributed by atoms with Crippen molar-refractivity contribution in [3.63, 3.8) is 0 Å². The number of benzene rings is 1. The van der Waals surface area contributed by atoms with E-state index in [4.69, 9.17) is 13.9 Å². The van der Waals surface area contributed by atoms with Crippen LogP contribution in [0.5, 0.6) is 5.75 Å². The van der Waals surface area contributed by atoms with E-state index < -0.39 is 29.3 Å². The van der Waals surface area contributed by atoms with Gasteiger partial charge in [0.2, 0.25) is 0 Å². The van der Waals surface area contributed by atoms with Gasteiger partial charge in [-0.05, 0) is 64.3 Å². The third-order valence-electron chi connectivity index (χ3n) is 4.29. The molecule has 1 aromatic heterocycles. The molecule has 0 unspecified atom stereocenters. The molecule has 2 heterocycles. The highest BCUT2D eigenvalue weighted by Gasteiger charge is 2.37. The summed E-state index contributed by atoms with van der Waals surface area (Å²) in [6, 6.07) is 5.51. The Hall–Kier alpha value is -2.83. The van der Waals surface area contributed by atoms with Crippen molar-refractivity contribution in [1.29, 1.82) is 0 Å². The van der Waals surface area contributed by atoms with Gasteiger partial charge in [0.05, 0.1) is 0 Å². The lowest BCUT2D eigenvalue weighted by Crippen LogP contribution is -2.44. The number of amides is 1. The van der Waals surface area contributed by atoms with Gasteiger partial charge in [0.25, 0.3) is 0 Å². The molecule has 1 aliphatic rings. The Morgan fingerprint density at radius 3 is 2.67 bits per heavy atom. The fourth-order valence-electron chi connectivity index (χ4n) is 3.10. The molecule has 0 aliphatic carbocycles. The molecule has 0 N–H and O–H groups in total. The minimum Gasteiger partial charge on any atom is -0.444 e. The van der Waals surface area contributed by atoms with Crippen LogP contribution in [0.2, 0.25) is 0 Å². The van der Waals surface area contributed by atoms with Crippen LogP contribution in [0.3, 0.4) is 0 Å². The molecule has 1 aromatic carbocycles. The topological polar surface area (TPSA) is 86.0 Å². The van der Waals surface area contributed by atoms with Crippen molar-refractivity contribution in [2.75, 3.05) is 6.54 Å². The second-order valence-electron chi connectivity index (χ2n) is 7.66. The summed E-state index contributed by atoms with van der Waals surface area (Å²) in [6.07, 6.45) is 0.721. The summed E-state index contributed by atoms with van der Waals surface area (Å²) in [6.45, 7) is 7.58. The predicted molar refractivity (Wildman–Crippen MR) is 98.8 cm³/mol. The van der Waals surface area contributed by atoms with E-state index in [0.717, 1.165) is 5.56 Å². The minimum atomic E-state index is -0.676. The first-order valence-electron chi connectivity index (χ1n) is 8.90. The van der Waals surface area contributed by atoms with Crippen LogP contribution in [0, 0.1) is 6.92 Å². The smallest absolute Gasteiger partial charge is 0.411 e. The maximum Gasteiger partial charge on any atom is 0.411 e. The van der Waals surface area contributed by atoms with Crippen LogP contribution in [-0.2, 0) is 9.53 Å². The van der Waals surface area contributed by atoms with Crippen LogP contribution in [0.25, 0.3) is 11.0 Å². The highest BCUT2D eigenvalue weighted by Crippen LogP contribution is 2.26. The van der Waals surface area contributed by atoms with Gasteiger partial charge >= 0.3 is 17.7 Å². The maximum absolute atomic E-state index is 12.6. The second kappa shape index (κ2) is 7.06. The van der Waals surface area contributed by atoms with Crippen molar-refractivity contribution < 1.29 is 23.5 Å². The lowest BCUT2D eigenvalue weighted by Gasteiger charge is -2.27. The Morgan fingerprint density at radius 1 is 1.22 bits per heavy atom. The average molecular weight is 373 g/mol. The summed E-state index contributed by atoms with van der Waals surface area (Å²) in [5.74, 6) is -0.173. The monoisotopic (exact) mass is 373 g/mol. The Morgan fingerprint density at radius 2 is 1.96 bits per heavy atom. The number of nitrogens with zero attached hydrogens (tertiary/aromatic N) is 1. The molecule has 1 saturated heterocycles. The second-order valence-corrected chi connectivity index (χ2v) is 7.66. The molecule has 7 nitrogen and oxygen atoms in total. The number of fused-ring (bicyclic) bond motifs is 1. The number of carbonyl (C=O) groups excluding carboxylic acids is 2. The van der Waals surface area contributed by atoms with E-state index in [1.165, 1.54) is 11.0 Å². The summed E-state index contributed by atoms with van der Waals surface area (Å²) in [4.78, 5) is 37.8. The first-order chi connectivity index (χ1) is 12.6. The number of ether oxygens (including phenoxy) is 2. The van der Waals surface area contributed by atoms with Gasteiger partial charge in [-0.1, -0.05) is 0 Å². The summed E-state index contributed by atoms with van der Waals surface area (Å²) in [5.41, 5.74) is 0.101. The van der Waals surface area contributed by atoms with Gasteiger partial charge in [0.15, 0.2) is 0 Å². The summed E-state index contributed by atoms with van der Waals surface area (Å²) < 4.78 is 16.0. The summed E-state index contributed by atoms with van der Waals surface area (Å²) in [7, 11) is 0. The fraction of sp³-hybridized carbons (Fsp3) is 0.450. The molecule has 1 aliphatic heterocycles. The van der Waals surface area contributed by atoms with Crippen molar-refractivity contribution in [3.05, 3.63) is 40.2 Å². The quantitative estimate of drug-likeness (QED) is 0.456. The highest BCUT2D eigenvalue weighted by molar-refractivity contribution is 5.86. The van der Waals surface area contributed by atoms with Crippen LogP contribution in [0.4, 0.5) is 4.79 Å². The SMILES string of the molecule is Cc1cc(=O)oc2ccc(OC(=O)[C@H]3CCCN3C(=O)OC(C)(C)C)cc12. The maximum atomic E-state index is 12.6. The number of esters is 1. The molecule has 0 bridgehead atoms. The fourth-order valence-corrected chi connectivity index (χ4v) is 3.10. The number of aryl methyl sites for hydroxylation is 1. The van der Waals surface area contributed by atoms with Crippen molar-refractivity contribution >= 4 is 23.0 Å². The van der Waals surface area contributed by atoms with Gasteiger partial charge in [-0.25, -0.2) is 14.4 Å². The highest BCUT2D eigenvalue weighted by atomic mass is 16.6. The van der Waals surface area contributed by atoms with Crippen LogP contribution in [0.15, 0.2) is 33.5 Å². The molecule has 0 spiro atoms. The summed E-state index contributed by atoms with van der Waals surface area (Å²) in [5, 5.41) is 0.690. The van der Waals surface area contributed by atoms with Gasteiger partial charge < -0.3 is 13.9 Å². The number of carbonyl (C=O) groups is 2. The predicted octanol–water partition coefficient (Wildman–Crippen LogP) is 3.41. The van der Waals surface area contributed by atoms with Crippen molar-refractivity contribution in [3.8, 4) is 5.75 Å². The van der Waals surface area contributed by atoms with Crippen molar-refractivity contribution in [1.82, 2.24) is 4.90 Å². The van der Waals surface area contributed by atoms with Gasteiger partial charge in [0, 0.05) is 18.0 Å². The molecule has 144 valence electrons. The molecular formula is C20H23NO6. The average Bonchev–Trinajstić information content (AvgIpc) is 3.03. The zero-order chi connectivity index (χ0) is 19.8. The Labute approximate surface area is 156 Å². The number of likely N-dealkylation sites (tertiary alicyclic amines) is 1. The molecule has 7 heteroatoms. The third kappa shape index (κ3) is 4.30. The molecular weight excluding hydrogens is 350 g/mol. The molecule has 3 rings (SSSR count). The normalized spacial score (nSPS) is 17.2.